The van der Waals surface area contributed by atoms with Gasteiger partial charge in [-0.2, -0.15) is 13.2 Å². The maximum atomic E-state index is 12.6. The van der Waals surface area contributed by atoms with E-state index in [1.807, 2.05) is 13.8 Å². The molecule has 0 spiro atoms. The maximum Gasteiger partial charge on any atom is 0.416 e. The lowest BCUT2D eigenvalue weighted by Crippen LogP contribution is -2.33. The molecule has 0 aliphatic carbocycles. The van der Waals surface area contributed by atoms with E-state index in [0.29, 0.717) is 24.6 Å². The minimum absolute atomic E-state index is 0.178. The van der Waals surface area contributed by atoms with Crippen molar-refractivity contribution in [2.75, 3.05) is 18.4 Å². The van der Waals surface area contributed by atoms with Gasteiger partial charge in [-0.3, -0.25) is 4.79 Å². The van der Waals surface area contributed by atoms with Crippen molar-refractivity contribution in [3.05, 3.63) is 47.9 Å². The number of aromatic nitrogens is 2. The highest BCUT2D eigenvalue weighted by Crippen LogP contribution is 2.30. The average molecular weight is 366 g/mol. The Hall–Kier alpha value is -2.64. The monoisotopic (exact) mass is 366 g/mol. The third kappa shape index (κ3) is 5.18. The Bertz CT molecular complexity index is 709. The van der Waals surface area contributed by atoms with Crippen molar-refractivity contribution < 1.29 is 18.0 Å². The Morgan fingerprint density at radius 1 is 1.04 bits per heavy atom. The van der Waals surface area contributed by atoms with Crippen LogP contribution < -0.4 is 5.32 Å². The van der Waals surface area contributed by atoms with E-state index in [2.05, 4.69) is 15.3 Å². The third-order valence-corrected chi connectivity index (χ3v) is 3.63. The van der Waals surface area contributed by atoms with Crippen LogP contribution in [0.3, 0.4) is 0 Å². The van der Waals surface area contributed by atoms with Gasteiger partial charge in [0.25, 0.3) is 5.91 Å². The minimum atomic E-state index is -4.37. The molecule has 26 heavy (non-hydrogen) atoms. The Morgan fingerprint density at radius 3 is 2.12 bits per heavy atom. The summed E-state index contributed by atoms with van der Waals surface area (Å²) >= 11 is 0. The lowest BCUT2D eigenvalue weighted by molar-refractivity contribution is -0.137. The Labute approximate surface area is 150 Å². The number of nitrogens with zero attached hydrogens (tertiary/aromatic N) is 3. The van der Waals surface area contributed by atoms with Crippen molar-refractivity contribution >= 4 is 17.4 Å². The van der Waals surface area contributed by atoms with Gasteiger partial charge < -0.3 is 10.2 Å². The summed E-state index contributed by atoms with van der Waals surface area (Å²) in [5, 5.41) is 2.86. The van der Waals surface area contributed by atoms with Crippen molar-refractivity contribution in [1.29, 1.82) is 0 Å². The molecule has 1 aromatic heterocycles. The highest BCUT2D eigenvalue weighted by molar-refractivity contribution is 5.92. The molecule has 1 amide bonds. The molecule has 0 fully saturated rings. The smallest absolute Gasteiger partial charge is 0.339 e. The van der Waals surface area contributed by atoms with Gasteiger partial charge in [0.05, 0.1) is 18.0 Å². The van der Waals surface area contributed by atoms with Crippen molar-refractivity contribution in [3.8, 4) is 0 Å². The number of hydrogen-bond acceptors (Lipinski definition) is 4. The maximum absolute atomic E-state index is 12.6. The molecule has 5 nitrogen and oxygen atoms in total. The predicted octanol–water partition coefficient (Wildman–Crippen LogP) is 4.50. The number of carbonyl (C=O) groups excluding carboxylic acids is 1. The fourth-order valence-corrected chi connectivity index (χ4v) is 2.41. The molecular weight excluding hydrogens is 345 g/mol. The summed E-state index contributed by atoms with van der Waals surface area (Å²) in [5.41, 5.74) is -0.0307. The van der Waals surface area contributed by atoms with Crippen molar-refractivity contribution in [3.63, 3.8) is 0 Å². The van der Waals surface area contributed by atoms with Gasteiger partial charge in [0.15, 0.2) is 0 Å². The van der Waals surface area contributed by atoms with Gasteiger partial charge in [0.2, 0.25) is 0 Å². The molecule has 0 aliphatic rings. The van der Waals surface area contributed by atoms with Crippen LogP contribution in [0.2, 0.25) is 0 Å². The first kappa shape index (κ1) is 19.7. The second kappa shape index (κ2) is 8.64. The van der Waals surface area contributed by atoms with Gasteiger partial charge in [-0.1, -0.05) is 13.8 Å². The molecule has 2 aromatic rings. The zero-order chi connectivity index (χ0) is 19.2. The van der Waals surface area contributed by atoms with Crippen LogP contribution in [0, 0.1) is 0 Å². The molecule has 0 saturated carbocycles. The number of alkyl halides is 3. The summed E-state index contributed by atoms with van der Waals surface area (Å²) in [7, 11) is 0. The molecule has 0 radical (unpaired) electrons. The Balaban J connectivity index is 2.06. The molecule has 0 bridgehead atoms. The van der Waals surface area contributed by atoms with Crippen molar-refractivity contribution in [1.82, 2.24) is 14.9 Å². The van der Waals surface area contributed by atoms with Crippen LogP contribution >= 0.6 is 0 Å². The van der Waals surface area contributed by atoms with E-state index in [0.717, 1.165) is 25.0 Å². The number of halogens is 3. The second-order valence-electron chi connectivity index (χ2n) is 5.78. The molecular formula is C18H21F3N4O. The van der Waals surface area contributed by atoms with Gasteiger partial charge in [-0.15, -0.1) is 0 Å². The number of rotatable bonds is 7. The van der Waals surface area contributed by atoms with Crippen molar-refractivity contribution in [2.24, 2.45) is 0 Å². The Morgan fingerprint density at radius 2 is 1.65 bits per heavy atom. The van der Waals surface area contributed by atoms with Crippen LogP contribution in [0.15, 0.2) is 36.7 Å². The molecule has 0 atom stereocenters. The first-order chi connectivity index (χ1) is 12.3. The highest BCUT2D eigenvalue weighted by atomic mass is 19.4. The van der Waals surface area contributed by atoms with Crippen LogP contribution in [0.4, 0.5) is 24.7 Å². The van der Waals surface area contributed by atoms with Gasteiger partial charge in [-0.25, -0.2) is 9.97 Å². The SMILES string of the molecule is CCCN(CCC)C(=O)c1cnc(Nc2ccc(C(F)(F)F)cc2)cn1. The van der Waals surface area contributed by atoms with Crippen LogP contribution in [0.1, 0.15) is 42.7 Å². The first-order valence-electron chi connectivity index (χ1n) is 8.40. The number of amides is 1. The third-order valence-electron chi connectivity index (χ3n) is 3.63. The zero-order valence-corrected chi connectivity index (χ0v) is 14.7. The molecule has 1 N–H and O–H groups in total. The van der Waals surface area contributed by atoms with E-state index < -0.39 is 11.7 Å². The highest BCUT2D eigenvalue weighted by Gasteiger charge is 2.29. The zero-order valence-electron chi connectivity index (χ0n) is 14.7. The molecule has 0 saturated heterocycles. The topological polar surface area (TPSA) is 58.1 Å². The summed E-state index contributed by atoms with van der Waals surface area (Å²) < 4.78 is 37.7. The Kier molecular flexibility index (Phi) is 6.54. The molecule has 2 rings (SSSR count). The molecule has 0 unspecified atom stereocenters. The van der Waals surface area contributed by atoms with E-state index in [1.54, 1.807) is 4.90 Å². The van der Waals surface area contributed by atoms with E-state index in [1.165, 1.54) is 24.5 Å². The van der Waals surface area contributed by atoms with E-state index in [-0.39, 0.29) is 11.6 Å². The lowest BCUT2D eigenvalue weighted by Gasteiger charge is -2.20. The summed E-state index contributed by atoms with van der Waals surface area (Å²) in [6.45, 7) is 5.30. The average Bonchev–Trinajstić information content (AvgIpc) is 2.61. The fraction of sp³-hybridized carbons (Fsp3) is 0.389. The van der Waals surface area contributed by atoms with Crippen molar-refractivity contribution in [2.45, 2.75) is 32.9 Å². The summed E-state index contributed by atoms with van der Waals surface area (Å²) in [6, 6.07) is 4.60. The number of anilines is 2. The van der Waals surface area contributed by atoms with E-state index >= 15 is 0 Å². The predicted molar refractivity (Wildman–Crippen MR) is 93.2 cm³/mol. The van der Waals surface area contributed by atoms with E-state index in [9.17, 15) is 18.0 Å². The number of benzene rings is 1. The normalized spacial score (nSPS) is 11.3. The standard InChI is InChI=1S/C18H21F3N4O/c1-3-9-25(10-4-2)17(26)15-11-23-16(12-22-15)24-14-7-5-13(6-8-14)18(19,20)21/h5-8,11-12H,3-4,9-10H2,1-2H3,(H,23,24). The van der Waals surface area contributed by atoms with E-state index in [4.69, 9.17) is 0 Å². The molecule has 0 aliphatic heterocycles. The molecule has 140 valence electrons. The second-order valence-corrected chi connectivity index (χ2v) is 5.78. The van der Waals surface area contributed by atoms with Gasteiger partial charge in [0.1, 0.15) is 11.5 Å². The van der Waals surface area contributed by atoms with Gasteiger partial charge in [-0.05, 0) is 37.1 Å². The first-order valence-corrected chi connectivity index (χ1v) is 8.40. The summed E-state index contributed by atoms with van der Waals surface area (Å²) in [5.74, 6) is 0.168. The molecule has 1 heterocycles. The lowest BCUT2D eigenvalue weighted by atomic mass is 10.2. The fourth-order valence-electron chi connectivity index (χ4n) is 2.41. The van der Waals surface area contributed by atoms with Crippen LogP contribution in [0.25, 0.3) is 0 Å². The summed E-state index contributed by atoms with van der Waals surface area (Å²) in [4.78, 5) is 22.4. The summed E-state index contributed by atoms with van der Waals surface area (Å²) in [6.07, 6.45) is 0.0939. The minimum Gasteiger partial charge on any atom is -0.339 e. The van der Waals surface area contributed by atoms with Crippen LogP contribution in [-0.4, -0.2) is 33.9 Å². The van der Waals surface area contributed by atoms with Crippen LogP contribution in [0.5, 0.6) is 0 Å². The largest absolute Gasteiger partial charge is 0.416 e. The van der Waals surface area contributed by atoms with Gasteiger partial charge in [0, 0.05) is 18.8 Å². The number of nitrogens with one attached hydrogen (secondary N) is 1. The number of hydrogen-bond donors (Lipinski definition) is 1. The molecule has 1 aromatic carbocycles. The number of carbonyl (C=O) groups is 1. The quantitative estimate of drug-likeness (QED) is 0.784. The molecule has 8 heteroatoms. The van der Waals surface area contributed by atoms with Gasteiger partial charge >= 0.3 is 6.18 Å². The van der Waals surface area contributed by atoms with Crippen LogP contribution in [-0.2, 0) is 6.18 Å².